The summed E-state index contributed by atoms with van der Waals surface area (Å²) >= 11 is 0. The fraction of sp³-hybridized carbons (Fsp3) is 0.308. The van der Waals surface area contributed by atoms with E-state index < -0.39 is 0 Å². The molecule has 0 N–H and O–H groups in total. The van der Waals surface area contributed by atoms with Gasteiger partial charge < -0.3 is 9.80 Å². The summed E-state index contributed by atoms with van der Waals surface area (Å²) in [5.41, 5.74) is 11.1. The van der Waals surface area contributed by atoms with Gasteiger partial charge in [-0.25, -0.2) is 0 Å². The topological polar surface area (TPSA) is 6.48 Å². The van der Waals surface area contributed by atoms with E-state index in [1.165, 1.54) is 44.9 Å². The minimum absolute atomic E-state index is 0.0396. The number of nitrogens with zero attached hydrogens (tertiary/aromatic N) is 2. The van der Waals surface area contributed by atoms with Crippen LogP contribution in [0.5, 0.6) is 0 Å². The van der Waals surface area contributed by atoms with Gasteiger partial charge in [-0.15, -0.1) is 0 Å². The van der Waals surface area contributed by atoms with E-state index in [1.807, 2.05) is 0 Å². The van der Waals surface area contributed by atoms with Crippen LogP contribution in [0.25, 0.3) is 11.1 Å². The Bertz CT molecular complexity index is 1070. The number of benzene rings is 3. The summed E-state index contributed by atoms with van der Waals surface area (Å²) in [6.07, 6.45) is 1.29. The number of anilines is 3. The van der Waals surface area contributed by atoms with Crippen LogP contribution in [0.15, 0.2) is 60.7 Å². The van der Waals surface area contributed by atoms with Crippen LogP contribution in [-0.2, 0) is 6.42 Å². The highest BCUT2D eigenvalue weighted by Gasteiger charge is 2.42. The molecule has 28 heavy (non-hydrogen) atoms. The molecule has 1 aliphatic carbocycles. The van der Waals surface area contributed by atoms with E-state index in [0.717, 1.165) is 6.42 Å². The van der Waals surface area contributed by atoms with E-state index in [0.29, 0.717) is 0 Å². The third kappa shape index (κ3) is 2.33. The third-order valence-corrected chi connectivity index (χ3v) is 6.26. The number of hydrogen-bond donors (Lipinski definition) is 0. The van der Waals surface area contributed by atoms with E-state index in [-0.39, 0.29) is 11.7 Å². The summed E-state index contributed by atoms with van der Waals surface area (Å²) in [5.74, 6) is 0. The third-order valence-electron chi connectivity index (χ3n) is 6.26. The van der Waals surface area contributed by atoms with E-state index in [2.05, 4.69) is 105 Å². The quantitative estimate of drug-likeness (QED) is 0.370. The molecular weight excluding hydrogens is 340 g/mol. The maximum atomic E-state index is 2.58. The van der Waals surface area contributed by atoms with Gasteiger partial charge in [0.25, 0.3) is 0 Å². The Morgan fingerprint density at radius 1 is 0.821 bits per heavy atom. The van der Waals surface area contributed by atoms with Crippen molar-refractivity contribution in [2.45, 2.75) is 52.7 Å². The standard InChI is InChI=1S/C26H28N2/c1-17-10-6-9-13-22(17)27-18(2)28(26(3,4)5)23-15-14-20-16-19-11-7-8-12-21(19)24(20)25(23)27/h6-15,18H,16H2,1-5H3/t18-/m1/s1. The Morgan fingerprint density at radius 2 is 1.54 bits per heavy atom. The lowest BCUT2D eigenvalue weighted by atomic mass is 10.00. The van der Waals surface area contributed by atoms with Crippen molar-refractivity contribution in [1.29, 1.82) is 0 Å². The van der Waals surface area contributed by atoms with Crippen molar-refractivity contribution < 1.29 is 0 Å². The number of hydrogen-bond acceptors (Lipinski definition) is 2. The van der Waals surface area contributed by atoms with Crippen LogP contribution in [0.2, 0.25) is 0 Å². The Kier molecular flexibility index (Phi) is 3.64. The second-order valence-electron chi connectivity index (χ2n) is 9.13. The number of rotatable bonds is 1. The molecule has 1 heterocycles. The number of para-hydroxylation sites is 1. The van der Waals surface area contributed by atoms with Gasteiger partial charge in [0.05, 0.1) is 11.4 Å². The zero-order valence-corrected chi connectivity index (χ0v) is 17.5. The second-order valence-corrected chi connectivity index (χ2v) is 9.13. The molecule has 142 valence electrons. The van der Waals surface area contributed by atoms with Gasteiger partial charge in [-0.05, 0) is 75.4 Å². The molecule has 0 saturated heterocycles. The van der Waals surface area contributed by atoms with Gasteiger partial charge in [-0.1, -0.05) is 48.5 Å². The minimum Gasteiger partial charge on any atom is -0.345 e. The average Bonchev–Trinajstić information content (AvgIpc) is 3.16. The molecule has 5 rings (SSSR count). The van der Waals surface area contributed by atoms with E-state index in [1.54, 1.807) is 0 Å². The summed E-state index contributed by atoms with van der Waals surface area (Å²) in [4.78, 5) is 5.15. The van der Waals surface area contributed by atoms with E-state index in [4.69, 9.17) is 0 Å². The molecule has 2 aliphatic rings. The Morgan fingerprint density at radius 3 is 2.29 bits per heavy atom. The van der Waals surface area contributed by atoms with Crippen molar-refractivity contribution in [2.75, 3.05) is 9.80 Å². The fourth-order valence-corrected chi connectivity index (χ4v) is 5.21. The number of fused-ring (bicyclic) bond motifs is 5. The second kappa shape index (κ2) is 5.88. The molecule has 3 aromatic carbocycles. The summed E-state index contributed by atoms with van der Waals surface area (Å²) in [5, 5.41) is 0. The van der Waals surface area contributed by atoms with Crippen LogP contribution in [0.4, 0.5) is 17.1 Å². The van der Waals surface area contributed by atoms with Crippen molar-refractivity contribution >= 4 is 17.1 Å². The van der Waals surface area contributed by atoms with Crippen LogP contribution in [0.1, 0.15) is 44.4 Å². The lowest BCUT2D eigenvalue weighted by Crippen LogP contribution is -2.49. The van der Waals surface area contributed by atoms with Gasteiger partial charge in [0.2, 0.25) is 0 Å². The normalized spacial score (nSPS) is 17.5. The zero-order chi connectivity index (χ0) is 19.6. The highest BCUT2D eigenvalue weighted by molar-refractivity contribution is 5.99. The molecule has 2 heteroatoms. The van der Waals surface area contributed by atoms with Gasteiger partial charge >= 0.3 is 0 Å². The number of aryl methyl sites for hydroxylation is 1. The predicted octanol–water partition coefficient (Wildman–Crippen LogP) is 6.67. The fourth-order valence-electron chi connectivity index (χ4n) is 5.21. The summed E-state index contributed by atoms with van der Waals surface area (Å²) in [7, 11) is 0. The maximum Gasteiger partial charge on any atom is 0.104 e. The first-order chi connectivity index (χ1) is 13.4. The summed E-state index contributed by atoms with van der Waals surface area (Å²) in [6, 6.07) is 22.4. The van der Waals surface area contributed by atoms with Gasteiger partial charge in [0, 0.05) is 16.8 Å². The first-order valence-corrected chi connectivity index (χ1v) is 10.3. The molecule has 1 aliphatic heterocycles. The van der Waals surface area contributed by atoms with Crippen molar-refractivity contribution in [2.24, 2.45) is 0 Å². The van der Waals surface area contributed by atoms with Gasteiger partial charge in [0.1, 0.15) is 6.17 Å². The van der Waals surface area contributed by atoms with Crippen LogP contribution in [0.3, 0.4) is 0 Å². The molecule has 0 bridgehead atoms. The van der Waals surface area contributed by atoms with Gasteiger partial charge in [0.15, 0.2) is 0 Å². The largest absolute Gasteiger partial charge is 0.345 e. The van der Waals surface area contributed by atoms with Gasteiger partial charge in [-0.3, -0.25) is 0 Å². The molecule has 2 nitrogen and oxygen atoms in total. The predicted molar refractivity (Wildman–Crippen MR) is 120 cm³/mol. The van der Waals surface area contributed by atoms with Crippen LogP contribution in [-0.4, -0.2) is 11.7 Å². The molecule has 0 aromatic heterocycles. The summed E-state index contributed by atoms with van der Waals surface area (Å²) in [6.45, 7) is 11.5. The first-order valence-electron chi connectivity index (χ1n) is 10.3. The lowest BCUT2D eigenvalue weighted by molar-refractivity contribution is 0.468. The molecule has 0 spiro atoms. The van der Waals surface area contributed by atoms with Crippen molar-refractivity contribution in [3.8, 4) is 11.1 Å². The Labute approximate surface area is 168 Å². The molecule has 3 aromatic rings. The molecule has 1 atom stereocenters. The molecule has 0 unspecified atom stereocenters. The minimum atomic E-state index is 0.0396. The van der Waals surface area contributed by atoms with Crippen LogP contribution >= 0.6 is 0 Å². The lowest BCUT2D eigenvalue weighted by Gasteiger charge is -2.40. The van der Waals surface area contributed by atoms with Gasteiger partial charge in [-0.2, -0.15) is 0 Å². The SMILES string of the molecule is Cc1ccccc1N1c2c(ccc3c2-c2ccccc2C3)N(C(C)(C)C)[C@@H]1C. The molecule has 0 fully saturated rings. The van der Waals surface area contributed by atoms with Crippen molar-refractivity contribution in [3.63, 3.8) is 0 Å². The van der Waals surface area contributed by atoms with Crippen molar-refractivity contribution in [1.82, 2.24) is 0 Å². The summed E-state index contributed by atoms with van der Waals surface area (Å²) < 4.78 is 0. The zero-order valence-electron chi connectivity index (χ0n) is 17.5. The smallest absolute Gasteiger partial charge is 0.104 e. The molecule has 0 saturated carbocycles. The maximum absolute atomic E-state index is 2.58. The first kappa shape index (κ1) is 17.4. The van der Waals surface area contributed by atoms with Crippen molar-refractivity contribution in [3.05, 3.63) is 77.4 Å². The van der Waals surface area contributed by atoms with Crippen LogP contribution in [0, 0.1) is 6.92 Å². The molecule has 0 amide bonds. The highest BCUT2D eigenvalue weighted by Crippen LogP contribution is 2.55. The van der Waals surface area contributed by atoms with E-state index in [9.17, 15) is 0 Å². The Balaban J connectivity index is 1.83. The highest BCUT2D eigenvalue weighted by atomic mass is 15.4. The Hall–Kier alpha value is -2.74. The molecular formula is C26H28N2. The van der Waals surface area contributed by atoms with E-state index >= 15 is 0 Å². The monoisotopic (exact) mass is 368 g/mol. The van der Waals surface area contributed by atoms with Crippen LogP contribution < -0.4 is 9.80 Å². The molecule has 0 radical (unpaired) electrons. The average molecular weight is 369 g/mol.